The number of benzene rings is 3. The number of fused-ring (bicyclic) bond motifs is 1. The molecule has 1 heterocycles. The number of carboxylic acids is 1. The second-order valence-electron chi connectivity index (χ2n) is 10.4. The fourth-order valence-electron chi connectivity index (χ4n) is 4.70. The predicted octanol–water partition coefficient (Wildman–Crippen LogP) is 1.79. The standard InChI is InChI=1S/C32H35N5O6/c1-19(33)29(39)35-26(15-20-7-3-2-4-8-20)30(40)36-27(16-21-11-13-23(38)14-12-21)31(41)37-28(32(42)43)17-22-18-34-25-10-6-5-9-24(22)25/h2-14,18-19,26-28,34,38H,15-17,33H2,1H3,(H,35,39)(H,36,40)(H,37,41)(H,42,43). The van der Waals surface area contributed by atoms with E-state index in [1.807, 2.05) is 30.3 Å². The Morgan fingerprint density at radius 1 is 0.721 bits per heavy atom. The van der Waals surface area contributed by atoms with E-state index in [9.17, 15) is 29.4 Å². The van der Waals surface area contributed by atoms with Crippen molar-refractivity contribution < 1.29 is 29.4 Å². The summed E-state index contributed by atoms with van der Waals surface area (Å²) in [4.78, 5) is 55.0. The van der Waals surface area contributed by atoms with Gasteiger partial charge < -0.3 is 36.9 Å². The maximum atomic E-state index is 13.6. The van der Waals surface area contributed by atoms with E-state index in [0.717, 1.165) is 16.5 Å². The molecule has 4 aromatic rings. The molecule has 0 bridgehead atoms. The molecule has 11 nitrogen and oxygen atoms in total. The summed E-state index contributed by atoms with van der Waals surface area (Å²) in [6.45, 7) is 1.49. The molecule has 0 saturated heterocycles. The minimum atomic E-state index is -1.29. The Morgan fingerprint density at radius 3 is 1.86 bits per heavy atom. The molecule has 0 saturated carbocycles. The number of phenolic OH excluding ortho intramolecular Hbond substituents is 1. The van der Waals surface area contributed by atoms with Gasteiger partial charge in [-0.1, -0.05) is 60.7 Å². The van der Waals surface area contributed by atoms with Crippen molar-refractivity contribution in [1.82, 2.24) is 20.9 Å². The third-order valence-electron chi connectivity index (χ3n) is 7.05. The molecular weight excluding hydrogens is 550 g/mol. The Hall–Kier alpha value is -5.16. The predicted molar refractivity (Wildman–Crippen MR) is 161 cm³/mol. The van der Waals surface area contributed by atoms with Crippen molar-refractivity contribution in [3.8, 4) is 5.75 Å². The van der Waals surface area contributed by atoms with Crippen molar-refractivity contribution in [3.05, 3.63) is 102 Å². The van der Waals surface area contributed by atoms with Gasteiger partial charge in [-0.15, -0.1) is 0 Å². The molecule has 224 valence electrons. The fourth-order valence-corrected chi connectivity index (χ4v) is 4.70. The van der Waals surface area contributed by atoms with E-state index in [-0.39, 0.29) is 25.0 Å². The molecule has 4 rings (SSSR count). The molecule has 4 atom stereocenters. The van der Waals surface area contributed by atoms with Gasteiger partial charge in [0, 0.05) is 36.4 Å². The number of hydrogen-bond donors (Lipinski definition) is 7. The Bertz CT molecular complexity index is 1570. The van der Waals surface area contributed by atoms with Crippen LogP contribution in [0.5, 0.6) is 5.75 Å². The first-order valence-corrected chi connectivity index (χ1v) is 13.9. The molecule has 0 aliphatic carbocycles. The van der Waals surface area contributed by atoms with E-state index in [1.165, 1.54) is 19.1 Å². The largest absolute Gasteiger partial charge is 0.508 e. The van der Waals surface area contributed by atoms with E-state index in [2.05, 4.69) is 20.9 Å². The van der Waals surface area contributed by atoms with Crippen LogP contribution in [0, 0.1) is 0 Å². The SMILES string of the molecule is CC(N)C(=O)NC(Cc1ccccc1)C(=O)NC(Cc1ccc(O)cc1)C(=O)NC(Cc1c[nH]c2ccccc12)C(=O)O. The second-order valence-corrected chi connectivity index (χ2v) is 10.4. The van der Waals surface area contributed by atoms with Crippen molar-refractivity contribution in [2.24, 2.45) is 5.73 Å². The van der Waals surface area contributed by atoms with Crippen LogP contribution in [0.15, 0.2) is 85.1 Å². The summed E-state index contributed by atoms with van der Waals surface area (Å²) < 4.78 is 0. The van der Waals surface area contributed by atoms with Gasteiger partial charge in [0.1, 0.15) is 23.9 Å². The highest BCUT2D eigenvalue weighted by Gasteiger charge is 2.31. The quantitative estimate of drug-likeness (QED) is 0.125. The number of nitrogens with one attached hydrogen (secondary N) is 4. The Morgan fingerprint density at radius 2 is 1.26 bits per heavy atom. The van der Waals surface area contributed by atoms with E-state index in [0.29, 0.717) is 11.1 Å². The molecule has 11 heteroatoms. The lowest BCUT2D eigenvalue weighted by Crippen LogP contribution is -2.58. The Kier molecular flexibility index (Phi) is 10.1. The monoisotopic (exact) mass is 585 g/mol. The lowest BCUT2D eigenvalue weighted by Gasteiger charge is -2.25. The van der Waals surface area contributed by atoms with Gasteiger partial charge >= 0.3 is 5.97 Å². The number of rotatable bonds is 13. The summed E-state index contributed by atoms with van der Waals surface area (Å²) in [5, 5.41) is 28.5. The molecule has 0 aliphatic rings. The van der Waals surface area contributed by atoms with Crippen molar-refractivity contribution in [1.29, 1.82) is 0 Å². The average molecular weight is 586 g/mol. The summed E-state index contributed by atoms with van der Waals surface area (Å²) in [5.41, 5.74) is 8.66. The molecule has 1 aromatic heterocycles. The van der Waals surface area contributed by atoms with Crippen LogP contribution in [-0.4, -0.2) is 63.1 Å². The first kappa shape index (κ1) is 30.8. The lowest BCUT2D eigenvalue weighted by atomic mass is 10.0. The molecular formula is C32H35N5O6. The third-order valence-corrected chi connectivity index (χ3v) is 7.05. The topological polar surface area (TPSA) is 187 Å². The maximum absolute atomic E-state index is 13.6. The van der Waals surface area contributed by atoms with Gasteiger partial charge in [0.2, 0.25) is 17.7 Å². The highest BCUT2D eigenvalue weighted by Crippen LogP contribution is 2.19. The Labute approximate surface area is 248 Å². The van der Waals surface area contributed by atoms with Crippen LogP contribution in [0.4, 0.5) is 0 Å². The number of carboxylic acid groups (broad SMARTS) is 1. The van der Waals surface area contributed by atoms with Crippen LogP contribution in [0.3, 0.4) is 0 Å². The zero-order valence-electron chi connectivity index (χ0n) is 23.6. The number of phenols is 1. The van der Waals surface area contributed by atoms with Crippen LogP contribution in [0.1, 0.15) is 23.6 Å². The second kappa shape index (κ2) is 14.1. The lowest BCUT2D eigenvalue weighted by molar-refractivity contribution is -0.142. The summed E-state index contributed by atoms with van der Waals surface area (Å²) in [5.74, 6) is -3.11. The van der Waals surface area contributed by atoms with E-state index in [1.54, 1.807) is 42.6 Å². The Balaban J connectivity index is 1.57. The van der Waals surface area contributed by atoms with Crippen molar-refractivity contribution in [2.45, 2.75) is 50.4 Å². The van der Waals surface area contributed by atoms with E-state index < -0.39 is 47.9 Å². The average Bonchev–Trinajstić information content (AvgIpc) is 3.40. The van der Waals surface area contributed by atoms with Gasteiger partial charge in [-0.2, -0.15) is 0 Å². The number of carbonyl (C=O) groups is 4. The summed E-state index contributed by atoms with van der Waals surface area (Å²) in [7, 11) is 0. The maximum Gasteiger partial charge on any atom is 0.326 e. The molecule has 3 amide bonds. The van der Waals surface area contributed by atoms with Crippen LogP contribution in [0.25, 0.3) is 10.9 Å². The highest BCUT2D eigenvalue weighted by atomic mass is 16.4. The number of carbonyl (C=O) groups excluding carboxylic acids is 3. The van der Waals surface area contributed by atoms with Crippen molar-refractivity contribution >= 4 is 34.6 Å². The fraction of sp³-hybridized carbons (Fsp3) is 0.250. The number of amides is 3. The van der Waals surface area contributed by atoms with Gasteiger partial charge in [0.05, 0.1) is 6.04 Å². The molecule has 43 heavy (non-hydrogen) atoms. The van der Waals surface area contributed by atoms with Crippen LogP contribution in [-0.2, 0) is 38.4 Å². The number of aromatic amines is 1. The first-order valence-electron chi connectivity index (χ1n) is 13.9. The van der Waals surface area contributed by atoms with Gasteiger partial charge in [-0.05, 0) is 41.8 Å². The van der Waals surface area contributed by atoms with Crippen molar-refractivity contribution in [3.63, 3.8) is 0 Å². The van der Waals surface area contributed by atoms with E-state index >= 15 is 0 Å². The van der Waals surface area contributed by atoms with Crippen LogP contribution in [0.2, 0.25) is 0 Å². The zero-order valence-corrected chi connectivity index (χ0v) is 23.6. The smallest absolute Gasteiger partial charge is 0.326 e. The van der Waals surface area contributed by atoms with Gasteiger partial charge in [0.15, 0.2) is 0 Å². The molecule has 8 N–H and O–H groups in total. The number of nitrogens with two attached hydrogens (primary N) is 1. The van der Waals surface area contributed by atoms with Gasteiger partial charge in [-0.25, -0.2) is 4.79 Å². The van der Waals surface area contributed by atoms with E-state index in [4.69, 9.17) is 5.73 Å². The minimum absolute atomic E-state index is 0.00340. The molecule has 4 unspecified atom stereocenters. The summed E-state index contributed by atoms with van der Waals surface area (Å²) in [6.07, 6.45) is 1.84. The number of H-pyrrole nitrogens is 1. The summed E-state index contributed by atoms with van der Waals surface area (Å²) in [6, 6.07) is 18.1. The first-order chi connectivity index (χ1) is 20.6. The number of para-hydroxylation sites is 1. The minimum Gasteiger partial charge on any atom is -0.508 e. The van der Waals surface area contributed by atoms with Crippen LogP contribution < -0.4 is 21.7 Å². The number of hydrogen-bond acceptors (Lipinski definition) is 6. The van der Waals surface area contributed by atoms with Crippen molar-refractivity contribution in [2.75, 3.05) is 0 Å². The number of aromatic hydroxyl groups is 1. The number of aromatic nitrogens is 1. The van der Waals surface area contributed by atoms with Gasteiger partial charge in [0.25, 0.3) is 0 Å². The molecule has 0 aliphatic heterocycles. The summed E-state index contributed by atoms with van der Waals surface area (Å²) >= 11 is 0. The molecule has 0 radical (unpaired) electrons. The number of aliphatic carboxylic acids is 1. The van der Waals surface area contributed by atoms with Crippen LogP contribution >= 0.6 is 0 Å². The molecule has 0 spiro atoms. The molecule has 0 fully saturated rings. The normalized spacial score (nSPS) is 13.8. The molecule has 3 aromatic carbocycles. The third kappa shape index (κ3) is 8.43. The zero-order chi connectivity index (χ0) is 30.9. The van der Waals surface area contributed by atoms with Gasteiger partial charge in [-0.3, -0.25) is 14.4 Å². The highest BCUT2D eigenvalue weighted by molar-refractivity contribution is 5.94.